The monoisotopic (exact) mass is 498 g/mol. The first-order valence-corrected chi connectivity index (χ1v) is 12.2. The first-order valence-electron chi connectivity index (χ1n) is 11.3. The van der Waals surface area contributed by atoms with Gasteiger partial charge in [0.2, 0.25) is 5.88 Å². The minimum Gasteiger partial charge on any atom is -0.487 e. The van der Waals surface area contributed by atoms with Crippen molar-refractivity contribution in [2.75, 3.05) is 7.11 Å². The number of aliphatic carboxylic acids is 1. The zero-order chi connectivity index (χ0) is 24.9. The third-order valence-corrected chi connectivity index (χ3v) is 6.99. The fourth-order valence-electron chi connectivity index (χ4n) is 3.57. The molecule has 4 rings (SSSR count). The van der Waals surface area contributed by atoms with E-state index in [-0.39, 0.29) is 35.5 Å². The number of rotatable bonds is 11. The van der Waals surface area contributed by atoms with Gasteiger partial charge >= 0.3 is 5.97 Å². The largest absolute Gasteiger partial charge is 0.487 e. The van der Waals surface area contributed by atoms with Gasteiger partial charge in [-0.2, -0.15) is 0 Å². The Kier molecular flexibility index (Phi) is 7.75. The minimum absolute atomic E-state index is 0.0585. The second kappa shape index (κ2) is 10.9. The number of methoxy groups -OCH3 is 1. The highest BCUT2D eigenvalue weighted by atomic mass is 32.2. The Morgan fingerprint density at radius 2 is 2.14 bits per heavy atom. The summed E-state index contributed by atoms with van der Waals surface area (Å²) in [4.78, 5) is 15.3. The Labute approximate surface area is 207 Å². The van der Waals surface area contributed by atoms with Crippen molar-refractivity contribution < 1.29 is 28.3 Å². The van der Waals surface area contributed by atoms with Crippen molar-refractivity contribution in [3.8, 4) is 23.0 Å². The summed E-state index contributed by atoms with van der Waals surface area (Å²) >= 11 is 1.71. The van der Waals surface area contributed by atoms with Crippen molar-refractivity contribution in [3.63, 3.8) is 0 Å². The molecule has 9 heteroatoms. The van der Waals surface area contributed by atoms with Gasteiger partial charge in [-0.3, -0.25) is 4.79 Å². The van der Waals surface area contributed by atoms with Crippen molar-refractivity contribution in [3.05, 3.63) is 64.7 Å². The lowest BCUT2D eigenvalue weighted by molar-refractivity contribution is -0.137. The summed E-state index contributed by atoms with van der Waals surface area (Å²) < 4.78 is 31.3. The number of aromatic nitrogens is 2. The summed E-state index contributed by atoms with van der Waals surface area (Å²) in [6, 6.07) is 8.94. The number of benzene rings is 1. The Morgan fingerprint density at radius 3 is 2.83 bits per heavy atom. The van der Waals surface area contributed by atoms with E-state index in [1.807, 2.05) is 44.2 Å². The van der Waals surface area contributed by atoms with Crippen LogP contribution in [-0.4, -0.2) is 33.6 Å². The molecule has 1 unspecified atom stereocenters. The van der Waals surface area contributed by atoms with E-state index >= 15 is 0 Å². The fourth-order valence-corrected chi connectivity index (χ4v) is 4.98. The quantitative estimate of drug-likeness (QED) is 0.329. The molecule has 2 aromatic heterocycles. The number of ether oxygens (including phenoxy) is 2. The molecule has 1 atom stereocenters. The Bertz CT molecular complexity index is 1230. The van der Waals surface area contributed by atoms with Crippen molar-refractivity contribution in [1.29, 1.82) is 0 Å². The molecule has 1 aromatic carbocycles. The molecule has 0 aliphatic heterocycles. The molecule has 1 aliphatic rings. The van der Waals surface area contributed by atoms with Crippen LogP contribution in [0.4, 0.5) is 4.39 Å². The Morgan fingerprint density at radius 1 is 1.34 bits per heavy atom. The van der Waals surface area contributed by atoms with Gasteiger partial charge in [0.05, 0.1) is 25.3 Å². The Hall–Kier alpha value is -3.33. The average Bonchev–Trinajstić information content (AvgIpc) is 3.56. The summed E-state index contributed by atoms with van der Waals surface area (Å²) in [5.41, 5.74) is 3.21. The maximum Gasteiger partial charge on any atom is 0.304 e. The first kappa shape index (κ1) is 24.8. The lowest BCUT2D eigenvalue weighted by atomic mass is 10.1. The van der Waals surface area contributed by atoms with Crippen molar-refractivity contribution >= 4 is 23.8 Å². The predicted molar refractivity (Wildman–Crippen MR) is 132 cm³/mol. The van der Waals surface area contributed by atoms with E-state index < -0.39 is 11.8 Å². The van der Waals surface area contributed by atoms with Gasteiger partial charge in [-0.25, -0.2) is 9.37 Å². The summed E-state index contributed by atoms with van der Waals surface area (Å²) in [6.07, 6.45) is 5.26. The van der Waals surface area contributed by atoms with E-state index in [0.29, 0.717) is 22.3 Å². The number of hydrogen-bond donors (Lipinski definition) is 1. The lowest BCUT2D eigenvalue weighted by Gasteiger charge is -2.16. The molecule has 0 bridgehead atoms. The number of thioether (sulfide) groups is 1. The van der Waals surface area contributed by atoms with Crippen molar-refractivity contribution in [2.24, 2.45) is 0 Å². The van der Waals surface area contributed by atoms with Crippen LogP contribution >= 0.6 is 11.8 Å². The maximum absolute atomic E-state index is 14.6. The van der Waals surface area contributed by atoms with Gasteiger partial charge in [-0.05, 0) is 44.4 Å². The molecule has 1 fully saturated rings. The molecule has 0 spiro atoms. The van der Waals surface area contributed by atoms with Crippen molar-refractivity contribution in [2.45, 2.75) is 50.2 Å². The number of carboxylic acids is 1. The van der Waals surface area contributed by atoms with Crippen molar-refractivity contribution in [1.82, 2.24) is 10.1 Å². The molecule has 35 heavy (non-hydrogen) atoms. The molecule has 7 nitrogen and oxygen atoms in total. The molecule has 1 saturated carbocycles. The molecule has 0 saturated heterocycles. The zero-order valence-corrected chi connectivity index (χ0v) is 20.6. The second-order valence-corrected chi connectivity index (χ2v) is 10.1. The van der Waals surface area contributed by atoms with Crippen LogP contribution in [0.15, 0.2) is 46.6 Å². The third-order valence-electron chi connectivity index (χ3n) is 5.37. The van der Waals surface area contributed by atoms with E-state index in [2.05, 4.69) is 10.1 Å². The number of carbonyl (C=O) groups is 1. The van der Waals surface area contributed by atoms with E-state index in [0.717, 1.165) is 30.2 Å². The third kappa shape index (κ3) is 6.42. The molecule has 184 valence electrons. The highest BCUT2D eigenvalue weighted by Crippen LogP contribution is 2.45. The summed E-state index contributed by atoms with van der Waals surface area (Å²) in [7, 11) is 1.46. The normalized spacial score (nSPS) is 13.8. The molecule has 1 N–H and O–H groups in total. The smallest absolute Gasteiger partial charge is 0.304 e. The number of allylic oxidation sites excluding steroid dienone is 1. The summed E-state index contributed by atoms with van der Waals surface area (Å²) in [5, 5.41) is 13.9. The fraction of sp³-hybridized carbons (Fsp3) is 0.346. The topological polar surface area (TPSA) is 94.7 Å². The maximum atomic E-state index is 14.6. The standard InChI is InChI=1S/C26H27FN2O5S/c1-15(2)9-20-22(29-34-26(20)19-11-24(32-3)28-13-21(19)27)14-33-17-6-4-5-16(10-17)23(12-25(30)31)35-18-7-8-18/h4-6,9-11,13,18,23H,7-8,12,14H2,1-3H3,(H,30,31). The molecule has 1 aliphatic carbocycles. The summed E-state index contributed by atoms with van der Waals surface area (Å²) in [6.45, 7) is 3.94. The van der Waals surface area contributed by atoms with Gasteiger partial charge in [0.15, 0.2) is 11.6 Å². The van der Waals surface area contributed by atoms with Crippen LogP contribution in [0.2, 0.25) is 0 Å². The summed E-state index contributed by atoms with van der Waals surface area (Å²) in [5.74, 6) is -0.257. The molecule has 2 heterocycles. The van der Waals surface area contributed by atoms with Crippen LogP contribution in [0, 0.1) is 5.82 Å². The molecule has 0 amide bonds. The van der Waals surface area contributed by atoms with Crippen LogP contribution in [0.25, 0.3) is 17.4 Å². The van der Waals surface area contributed by atoms with Gasteiger partial charge in [0.1, 0.15) is 18.1 Å². The predicted octanol–water partition coefficient (Wildman–Crippen LogP) is 6.30. The van der Waals surface area contributed by atoms with Gasteiger partial charge < -0.3 is 19.1 Å². The highest BCUT2D eigenvalue weighted by Gasteiger charge is 2.28. The lowest BCUT2D eigenvalue weighted by Crippen LogP contribution is -2.05. The van der Waals surface area contributed by atoms with Gasteiger partial charge in [-0.15, -0.1) is 11.8 Å². The zero-order valence-electron chi connectivity index (χ0n) is 19.8. The number of carboxylic acid groups (broad SMARTS) is 1. The van der Waals surface area contributed by atoms with E-state index in [9.17, 15) is 14.3 Å². The van der Waals surface area contributed by atoms with Crippen LogP contribution in [0.3, 0.4) is 0 Å². The Balaban J connectivity index is 1.58. The number of hydrogen-bond acceptors (Lipinski definition) is 7. The molecular formula is C26H27FN2O5S. The molecule has 3 aromatic rings. The van der Waals surface area contributed by atoms with E-state index in [1.165, 1.54) is 13.2 Å². The van der Waals surface area contributed by atoms with Gasteiger partial charge in [-0.1, -0.05) is 28.9 Å². The van der Waals surface area contributed by atoms with E-state index in [1.54, 1.807) is 11.8 Å². The molecular weight excluding hydrogens is 471 g/mol. The second-order valence-electron chi connectivity index (χ2n) is 8.58. The van der Waals surface area contributed by atoms with E-state index in [4.69, 9.17) is 14.0 Å². The van der Waals surface area contributed by atoms with Crippen LogP contribution in [-0.2, 0) is 11.4 Å². The number of nitrogens with zero attached hydrogens (tertiary/aromatic N) is 2. The minimum atomic E-state index is -0.823. The highest BCUT2D eigenvalue weighted by molar-refractivity contribution is 8.00. The van der Waals surface area contributed by atoms with Gasteiger partial charge in [0, 0.05) is 22.1 Å². The average molecular weight is 499 g/mol. The first-order chi connectivity index (χ1) is 16.8. The van der Waals surface area contributed by atoms with Gasteiger partial charge in [0.25, 0.3) is 0 Å². The number of halogens is 1. The SMILES string of the molecule is COc1cc(-c2onc(COc3cccc(C(CC(=O)O)SC4CC4)c3)c2C=C(C)C)c(F)cn1. The number of pyridine rings is 1. The van der Waals surface area contributed by atoms with Crippen LogP contribution in [0.1, 0.15) is 55.2 Å². The molecule has 0 radical (unpaired) electrons. The van der Waals surface area contributed by atoms with Crippen LogP contribution in [0.5, 0.6) is 11.6 Å². The van der Waals surface area contributed by atoms with Crippen LogP contribution < -0.4 is 9.47 Å².